The summed E-state index contributed by atoms with van der Waals surface area (Å²) < 4.78 is 21.9. The van der Waals surface area contributed by atoms with Crippen LogP contribution in [0.5, 0.6) is 17.2 Å². The van der Waals surface area contributed by atoms with Crippen LogP contribution in [-0.2, 0) is 0 Å². The van der Waals surface area contributed by atoms with Crippen LogP contribution >= 0.6 is 0 Å². The largest absolute Gasteiger partial charge is 0.490 e. The fourth-order valence-corrected chi connectivity index (χ4v) is 2.39. The lowest BCUT2D eigenvalue weighted by molar-refractivity contribution is 0.0845. The summed E-state index contributed by atoms with van der Waals surface area (Å²) in [5.41, 5.74) is 5.33. The molecule has 0 aliphatic heterocycles. The number of aryl methyl sites for hydroxylation is 1. The van der Waals surface area contributed by atoms with E-state index in [2.05, 4.69) is 10.9 Å². The van der Waals surface area contributed by atoms with E-state index in [1.807, 2.05) is 20.8 Å². The lowest BCUT2D eigenvalue weighted by Crippen LogP contribution is -2.41. The summed E-state index contributed by atoms with van der Waals surface area (Å²) in [5.74, 6) is 0.695. The van der Waals surface area contributed by atoms with E-state index in [0.29, 0.717) is 48.4 Å². The first kappa shape index (κ1) is 20.2. The second-order valence-electron chi connectivity index (χ2n) is 5.40. The van der Waals surface area contributed by atoms with Gasteiger partial charge in [-0.05, 0) is 45.9 Å². The van der Waals surface area contributed by atoms with E-state index >= 15 is 0 Å². The van der Waals surface area contributed by atoms with Crippen LogP contribution in [0, 0.1) is 6.92 Å². The first-order valence-corrected chi connectivity index (χ1v) is 8.72. The summed E-state index contributed by atoms with van der Waals surface area (Å²) in [6.07, 6.45) is 1.40. The average molecular weight is 376 g/mol. The molecule has 2 amide bonds. The van der Waals surface area contributed by atoms with Gasteiger partial charge in [0, 0.05) is 5.56 Å². The number of furan rings is 1. The third-order valence-electron chi connectivity index (χ3n) is 3.56. The Balaban J connectivity index is 2.21. The lowest BCUT2D eigenvalue weighted by atomic mass is 10.1. The van der Waals surface area contributed by atoms with Crippen molar-refractivity contribution in [1.29, 1.82) is 0 Å². The third-order valence-corrected chi connectivity index (χ3v) is 3.56. The third kappa shape index (κ3) is 4.93. The highest BCUT2D eigenvalue weighted by Gasteiger charge is 2.19. The van der Waals surface area contributed by atoms with Gasteiger partial charge >= 0.3 is 0 Å². The molecule has 0 atom stereocenters. The van der Waals surface area contributed by atoms with Gasteiger partial charge in [-0.2, -0.15) is 0 Å². The van der Waals surface area contributed by atoms with Gasteiger partial charge < -0.3 is 18.6 Å². The van der Waals surface area contributed by atoms with Gasteiger partial charge in [-0.3, -0.25) is 20.4 Å². The molecule has 1 heterocycles. The maximum Gasteiger partial charge on any atom is 0.273 e. The Labute approximate surface area is 157 Å². The van der Waals surface area contributed by atoms with E-state index in [1.54, 1.807) is 19.1 Å². The van der Waals surface area contributed by atoms with E-state index in [0.717, 1.165) is 0 Å². The highest BCUT2D eigenvalue weighted by molar-refractivity contribution is 6.00. The predicted molar refractivity (Wildman–Crippen MR) is 98.3 cm³/mol. The molecule has 1 aromatic heterocycles. The number of carbonyl (C=O) groups excluding carboxylic acids is 2. The van der Waals surface area contributed by atoms with E-state index in [4.69, 9.17) is 18.6 Å². The normalized spacial score (nSPS) is 10.2. The fourth-order valence-electron chi connectivity index (χ4n) is 2.39. The molecule has 0 aliphatic carbocycles. The highest BCUT2D eigenvalue weighted by Crippen LogP contribution is 2.39. The number of carbonyl (C=O) groups is 2. The first-order valence-electron chi connectivity index (χ1n) is 8.72. The molecule has 0 saturated heterocycles. The summed E-state index contributed by atoms with van der Waals surface area (Å²) in [5, 5.41) is 0. The molecule has 27 heavy (non-hydrogen) atoms. The number of rotatable bonds is 8. The quantitative estimate of drug-likeness (QED) is 0.688. The highest BCUT2D eigenvalue weighted by atomic mass is 16.5. The first-order chi connectivity index (χ1) is 13.0. The van der Waals surface area contributed by atoms with E-state index in [1.165, 1.54) is 12.3 Å². The number of hydrogen-bond donors (Lipinski definition) is 2. The van der Waals surface area contributed by atoms with Gasteiger partial charge in [-0.15, -0.1) is 0 Å². The average Bonchev–Trinajstić information content (AvgIpc) is 3.08. The van der Waals surface area contributed by atoms with E-state index in [9.17, 15) is 9.59 Å². The molecular formula is C19H24N2O6. The molecular weight excluding hydrogens is 352 g/mol. The van der Waals surface area contributed by atoms with Crippen LogP contribution in [0.2, 0.25) is 0 Å². The van der Waals surface area contributed by atoms with Crippen molar-refractivity contribution in [3.05, 3.63) is 41.3 Å². The lowest BCUT2D eigenvalue weighted by Gasteiger charge is -2.17. The molecule has 1 aromatic carbocycles. The summed E-state index contributed by atoms with van der Waals surface area (Å²) in [6, 6.07) is 4.61. The Morgan fingerprint density at radius 1 is 0.926 bits per heavy atom. The fraction of sp³-hybridized carbons (Fsp3) is 0.368. The Morgan fingerprint density at radius 2 is 1.48 bits per heavy atom. The summed E-state index contributed by atoms with van der Waals surface area (Å²) in [6.45, 7) is 8.38. The van der Waals surface area contributed by atoms with Crippen LogP contribution in [0.3, 0.4) is 0 Å². The van der Waals surface area contributed by atoms with E-state index in [-0.39, 0.29) is 5.56 Å². The molecule has 8 heteroatoms. The van der Waals surface area contributed by atoms with Crippen LogP contribution in [-0.4, -0.2) is 31.6 Å². The molecule has 146 valence electrons. The Hall–Kier alpha value is -3.16. The summed E-state index contributed by atoms with van der Waals surface area (Å²) in [4.78, 5) is 24.6. The minimum Gasteiger partial charge on any atom is -0.490 e. The molecule has 2 N–H and O–H groups in total. The van der Waals surface area contributed by atoms with Gasteiger partial charge in [0.2, 0.25) is 5.75 Å². The number of hydrogen-bond acceptors (Lipinski definition) is 6. The molecule has 2 rings (SSSR count). The van der Waals surface area contributed by atoms with Crippen molar-refractivity contribution in [3.8, 4) is 17.2 Å². The Morgan fingerprint density at radius 3 is 1.96 bits per heavy atom. The molecule has 0 radical (unpaired) electrons. The molecule has 0 spiro atoms. The van der Waals surface area contributed by atoms with Gasteiger partial charge in [-0.1, -0.05) is 0 Å². The Kier molecular flexibility index (Phi) is 7.10. The zero-order valence-electron chi connectivity index (χ0n) is 15.9. The zero-order chi connectivity index (χ0) is 19.8. The van der Waals surface area contributed by atoms with Gasteiger partial charge in [-0.25, -0.2) is 0 Å². The SMILES string of the molecule is CCOc1cc(C(=O)NNC(=O)c2ccoc2C)cc(OCC)c1OCC. The van der Waals surface area contributed by atoms with Crippen molar-refractivity contribution in [2.75, 3.05) is 19.8 Å². The molecule has 2 aromatic rings. The number of amides is 2. The van der Waals surface area contributed by atoms with Gasteiger partial charge in [0.15, 0.2) is 11.5 Å². The van der Waals surface area contributed by atoms with Crippen LogP contribution in [0.25, 0.3) is 0 Å². The topological polar surface area (TPSA) is 99.0 Å². The molecule has 0 saturated carbocycles. The molecule has 0 aliphatic rings. The Bertz CT molecular complexity index is 772. The smallest absolute Gasteiger partial charge is 0.273 e. The minimum absolute atomic E-state index is 0.259. The summed E-state index contributed by atoms with van der Waals surface area (Å²) >= 11 is 0. The van der Waals surface area contributed by atoms with Crippen molar-refractivity contribution in [2.24, 2.45) is 0 Å². The van der Waals surface area contributed by atoms with Crippen LogP contribution in [0.15, 0.2) is 28.9 Å². The molecule has 0 bridgehead atoms. The van der Waals surface area contributed by atoms with Gasteiger partial charge in [0.05, 0.1) is 31.6 Å². The van der Waals surface area contributed by atoms with E-state index < -0.39 is 11.8 Å². The monoisotopic (exact) mass is 376 g/mol. The second-order valence-corrected chi connectivity index (χ2v) is 5.40. The molecule has 8 nitrogen and oxygen atoms in total. The van der Waals surface area contributed by atoms with Crippen molar-refractivity contribution in [1.82, 2.24) is 10.9 Å². The van der Waals surface area contributed by atoms with Gasteiger partial charge in [0.25, 0.3) is 11.8 Å². The number of hydrazine groups is 1. The van der Waals surface area contributed by atoms with Crippen molar-refractivity contribution in [2.45, 2.75) is 27.7 Å². The number of nitrogens with one attached hydrogen (secondary N) is 2. The molecule has 0 fully saturated rings. The van der Waals surface area contributed by atoms with Crippen LogP contribution in [0.4, 0.5) is 0 Å². The number of ether oxygens (including phenoxy) is 3. The molecule has 0 unspecified atom stereocenters. The second kappa shape index (κ2) is 9.51. The van der Waals surface area contributed by atoms with Gasteiger partial charge in [0.1, 0.15) is 5.76 Å². The zero-order valence-corrected chi connectivity index (χ0v) is 15.9. The van der Waals surface area contributed by atoms with Crippen LogP contribution in [0.1, 0.15) is 47.2 Å². The predicted octanol–water partition coefficient (Wildman–Crippen LogP) is 2.86. The van der Waals surface area contributed by atoms with Crippen molar-refractivity contribution in [3.63, 3.8) is 0 Å². The van der Waals surface area contributed by atoms with Crippen molar-refractivity contribution >= 4 is 11.8 Å². The summed E-state index contributed by atoms with van der Waals surface area (Å²) in [7, 11) is 0. The minimum atomic E-state index is -0.519. The van der Waals surface area contributed by atoms with Crippen molar-refractivity contribution < 1.29 is 28.2 Å². The maximum atomic E-state index is 12.5. The number of benzene rings is 1. The van der Waals surface area contributed by atoms with Crippen LogP contribution < -0.4 is 25.1 Å². The maximum absolute atomic E-state index is 12.5. The standard InChI is InChI=1S/C19H24N2O6/c1-5-24-15-10-13(11-16(25-6-2)17(15)26-7-3)18(22)20-21-19(23)14-8-9-27-12(14)4/h8-11H,5-7H2,1-4H3,(H,20,22)(H,21,23).